The maximum Gasteiger partial charge on any atom is 0.0294 e. The summed E-state index contributed by atoms with van der Waals surface area (Å²) in [5.74, 6) is 0.837. The number of hydrogen-bond donors (Lipinski definition) is 1. The molecule has 0 radical (unpaired) electrons. The Balaban J connectivity index is 1.61. The quantitative estimate of drug-likeness (QED) is 0.824. The first-order valence-corrected chi connectivity index (χ1v) is 7.61. The number of aryl methyl sites for hydroxylation is 1. The van der Waals surface area contributed by atoms with E-state index in [9.17, 15) is 0 Å². The van der Waals surface area contributed by atoms with E-state index in [1.54, 1.807) is 0 Å². The molecular weight excluding hydrogens is 242 g/mol. The molecule has 0 amide bonds. The summed E-state index contributed by atoms with van der Waals surface area (Å²) in [5, 5.41) is 3.62. The van der Waals surface area contributed by atoms with Crippen LogP contribution in [0.1, 0.15) is 54.0 Å². The van der Waals surface area contributed by atoms with Crippen LogP contribution in [0.15, 0.2) is 48.5 Å². The fourth-order valence-electron chi connectivity index (χ4n) is 2.62. The summed E-state index contributed by atoms with van der Waals surface area (Å²) in [6.45, 7) is 5.30. The highest BCUT2D eigenvalue weighted by atomic mass is 14.9. The molecule has 1 N–H and O–H groups in total. The first-order valence-electron chi connectivity index (χ1n) is 7.61. The average molecular weight is 265 g/mol. The normalized spacial score (nSPS) is 16.1. The minimum atomic E-state index is 0.389. The van der Waals surface area contributed by atoms with Crippen LogP contribution in [0.3, 0.4) is 0 Å². The predicted molar refractivity (Wildman–Crippen MR) is 84.9 cm³/mol. The highest BCUT2D eigenvalue weighted by Crippen LogP contribution is 2.40. The molecule has 0 bridgehead atoms. The molecule has 20 heavy (non-hydrogen) atoms. The molecule has 1 aliphatic rings. The molecule has 2 aromatic carbocycles. The van der Waals surface area contributed by atoms with E-state index in [0.717, 1.165) is 12.5 Å². The third-order valence-electron chi connectivity index (χ3n) is 4.19. The van der Waals surface area contributed by atoms with Gasteiger partial charge in [0.05, 0.1) is 0 Å². The van der Waals surface area contributed by atoms with Crippen LogP contribution in [0.4, 0.5) is 0 Å². The van der Waals surface area contributed by atoms with Gasteiger partial charge in [0.25, 0.3) is 0 Å². The van der Waals surface area contributed by atoms with Crippen LogP contribution >= 0.6 is 0 Å². The fourth-order valence-corrected chi connectivity index (χ4v) is 2.62. The van der Waals surface area contributed by atoms with Gasteiger partial charge in [0, 0.05) is 12.6 Å². The van der Waals surface area contributed by atoms with E-state index in [2.05, 4.69) is 67.7 Å². The maximum atomic E-state index is 3.62. The molecule has 3 rings (SSSR count). The summed E-state index contributed by atoms with van der Waals surface area (Å²) in [7, 11) is 0. The minimum absolute atomic E-state index is 0.389. The smallest absolute Gasteiger partial charge is 0.0294 e. The average Bonchev–Trinajstić information content (AvgIpc) is 3.30. The van der Waals surface area contributed by atoms with Crippen LogP contribution in [0.25, 0.3) is 0 Å². The molecular formula is C19H23N. The van der Waals surface area contributed by atoms with Crippen LogP contribution in [0.2, 0.25) is 0 Å². The Morgan fingerprint density at radius 3 is 2.55 bits per heavy atom. The number of benzene rings is 2. The number of hydrogen-bond acceptors (Lipinski definition) is 1. The molecule has 0 aliphatic heterocycles. The third kappa shape index (κ3) is 3.29. The third-order valence-corrected chi connectivity index (χ3v) is 4.19. The van der Waals surface area contributed by atoms with Crippen molar-refractivity contribution in [3.8, 4) is 0 Å². The molecule has 1 aliphatic carbocycles. The first kappa shape index (κ1) is 13.4. The van der Waals surface area contributed by atoms with Gasteiger partial charge >= 0.3 is 0 Å². The lowest BCUT2D eigenvalue weighted by Gasteiger charge is -2.15. The zero-order valence-electron chi connectivity index (χ0n) is 12.4. The van der Waals surface area contributed by atoms with E-state index < -0.39 is 0 Å². The summed E-state index contributed by atoms with van der Waals surface area (Å²) in [4.78, 5) is 0. The summed E-state index contributed by atoms with van der Waals surface area (Å²) in [6.07, 6.45) is 2.74. The van der Waals surface area contributed by atoms with Crippen molar-refractivity contribution in [3.63, 3.8) is 0 Å². The van der Waals surface area contributed by atoms with Gasteiger partial charge in [-0.3, -0.25) is 0 Å². The summed E-state index contributed by atoms with van der Waals surface area (Å²) in [5.41, 5.74) is 5.59. The lowest BCUT2D eigenvalue weighted by molar-refractivity contribution is 0.574. The highest BCUT2D eigenvalue weighted by Gasteiger charge is 2.23. The van der Waals surface area contributed by atoms with Crippen LogP contribution in [-0.4, -0.2) is 0 Å². The zero-order valence-corrected chi connectivity index (χ0v) is 12.4. The van der Waals surface area contributed by atoms with Crippen LogP contribution < -0.4 is 5.32 Å². The van der Waals surface area contributed by atoms with Crippen molar-refractivity contribution in [1.29, 1.82) is 0 Å². The number of rotatable bonds is 5. The lowest BCUT2D eigenvalue weighted by Crippen LogP contribution is -2.18. The van der Waals surface area contributed by atoms with Gasteiger partial charge in [0.2, 0.25) is 0 Å². The van der Waals surface area contributed by atoms with E-state index in [1.807, 2.05) is 0 Å². The molecule has 1 fully saturated rings. The Hall–Kier alpha value is -1.60. The predicted octanol–water partition coefficient (Wildman–Crippen LogP) is 4.72. The largest absolute Gasteiger partial charge is 0.306 e. The molecule has 1 nitrogen and oxygen atoms in total. The van der Waals surface area contributed by atoms with E-state index in [4.69, 9.17) is 0 Å². The zero-order chi connectivity index (χ0) is 13.9. The van der Waals surface area contributed by atoms with E-state index >= 15 is 0 Å². The molecule has 0 unspecified atom stereocenters. The van der Waals surface area contributed by atoms with Gasteiger partial charge in [-0.1, -0.05) is 54.1 Å². The monoisotopic (exact) mass is 265 g/mol. The van der Waals surface area contributed by atoms with Crippen molar-refractivity contribution in [2.75, 3.05) is 0 Å². The summed E-state index contributed by atoms with van der Waals surface area (Å²) >= 11 is 0. The molecule has 0 saturated heterocycles. The fraction of sp³-hybridized carbons (Fsp3) is 0.368. The van der Waals surface area contributed by atoms with Gasteiger partial charge < -0.3 is 5.32 Å². The molecule has 1 saturated carbocycles. The number of nitrogens with one attached hydrogen (secondary N) is 1. The Morgan fingerprint density at radius 1 is 1.10 bits per heavy atom. The van der Waals surface area contributed by atoms with E-state index in [-0.39, 0.29) is 0 Å². The van der Waals surface area contributed by atoms with Crippen molar-refractivity contribution in [3.05, 3.63) is 70.8 Å². The second-order valence-corrected chi connectivity index (χ2v) is 6.03. The summed E-state index contributed by atoms with van der Waals surface area (Å²) < 4.78 is 0. The van der Waals surface area contributed by atoms with Crippen LogP contribution in [0.5, 0.6) is 0 Å². The lowest BCUT2D eigenvalue weighted by atomic mass is 10.0. The first-order chi connectivity index (χ1) is 9.72. The molecule has 0 aromatic heterocycles. The molecule has 104 valence electrons. The Kier molecular flexibility index (Phi) is 3.88. The molecule has 2 aromatic rings. The summed E-state index contributed by atoms with van der Waals surface area (Å²) in [6, 6.07) is 18.2. The Bertz CT molecular complexity index is 567. The molecule has 1 atom stereocenters. The Morgan fingerprint density at radius 2 is 1.85 bits per heavy atom. The van der Waals surface area contributed by atoms with Crippen LogP contribution in [0, 0.1) is 6.92 Å². The standard InChI is InChI=1S/C19H23N/c1-14-6-8-17(9-7-14)15(2)20-13-16-4-3-5-19(12-16)18-10-11-18/h3-9,12,15,18,20H,10-11,13H2,1-2H3/t15-/m1/s1. The maximum absolute atomic E-state index is 3.62. The van der Waals surface area contributed by atoms with Crippen molar-refractivity contribution >= 4 is 0 Å². The van der Waals surface area contributed by atoms with Crippen molar-refractivity contribution in [2.45, 2.75) is 45.2 Å². The van der Waals surface area contributed by atoms with Gasteiger partial charge in [0.15, 0.2) is 0 Å². The van der Waals surface area contributed by atoms with Gasteiger partial charge in [-0.2, -0.15) is 0 Å². The second kappa shape index (κ2) is 5.80. The topological polar surface area (TPSA) is 12.0 Å². The minimum Gasteiger partial charge on any atom is -0.306 e. The molecule has 0 heterocycles. The van der Waals surface area contributed by atoms with Crippen molar-refractivity contribution < 1.29 is 0 Å². The molecule has 1 heteroatoms. The SMILES string of the molecule is Cc1ccc([C@@H](C)NCc2cccc(C3CC3)c2)cc1. The molecule has 0 spiro atoms. The van der Waals surface area contributed by atoms with Gasteiger partial charge in [-0.05, 0) is 49.3 Å². The van der Waals surface area contributed by atoms with E-state index in [1.165, 1.54) is 35.1 Å². The Labute approximate surface area is 122 Å². The van der Waals surface area contributed by atoms with Crippen molar-refractivity contribution in [2.24, 2.45) is 0 Å². The highest BCUT2D eigenvalue weighted by molar-refractivity contribution is 5.29. The van der Waals surface area contributed by atoms with Crippen molar-refractivity contribution in [1.82, 2.24) is 5.32 Å². The second-order valence-electron chi connectivity index (χ2n) is 6.03. The van der Waals surface area contributed by atoms with E-state index in [0.29, 0.717) is 6.04 Å². The van der Waals surface area contributed by atoms with Crippen LogP contribution in [-0.2, 0) is 6.54 Å². The van der Waals surface area contributed by atoms with Gasteiger partial charge in [0.1, 0.15) is 0 Å². The van der Waals surface area contributed by atoms with Gasteiger partial charge in [-0.25, -0.2) is 0 Å². The van der Waals surface area contributed by atoms with Gasteiger partial charge in [-0.15, -0.1) is 0 Å².